The molecule has 1 aliphatic rings. The summed E-state index contributed by atoms with van der Waals surface area (Å²) in [5.41, 5.74) is 4.25. The first-order valence-corrected chi connectivity index (χ1v) is 7.12. The third-order valence-electron chi connectivity index (χ3n) is 4.18. The highest BCUT2D eigenvalue weighted by molar-refractivity contribution is 5.44. The molecule has 104 valence electrons. The van der Waals surface area contributed by atoms with Gasteiger partial charge in [0, 0.05) is 5.92 Å². The van der Waals surface area contributed by atoms with E-state index in [4.69, 9.17) is 9.47 Å². The molecule has 0 unspecified atom stereocenters. The smallest absolute Gasteiger partial charge is 0.119 e. The van der Waals surface area contributed by atoms with Crippen LogP contribution in [0, 0.1) is 0 Å². The van der Waals surface area contributed by atoms with E-state index in [0.29, 0.717) is 5.92 Å². The summed E-state index contributed by atoms with van der Waals surface area (Å²) in [7, 11) is 3.43. The number of hydrogen-bond acceptors (Lipinski definition) is 2. The van der Waals surface area contributed by atoms with E-state index in [-0.39, 0.29) is 0 Å². The summed E-state index contributed by atoms with van der Waals surface area (Å²) in [6, 6.07) is 14.9. The minimum atomic E-state index is 0.496. The summed E-state index contributed by atoms with van der Waals surface area (Å²) in [6.07, 6.45) is 3.60. The number of ether oxygens (including phenoxy) is 2. The highest BCUT2D eigenvalue weighted by Gasteiger charge is 2.22. The molecule has 1 atom stereocenters. The topological polar surface area (TPSA) is 18.5 Å². The summed E-state index contributed by atoms with van der Waals surface area (Å²) >= 11 is 0. The quantitative estimate of drug-likeness (QED) is 0.831. The molecule has 0 saturated carbocycles. The van der Waals surface area contributed by atoms with Crippen molar-refractivity contribution in [3.05, 3.63) is 59.2 Å². The molecule has 2 heteroatoms. The van der Waals surface area contributed by atoms with Crippen LogP contribution in [0.25, 0.3) is 0 Å². The minimum absolute atomic E-state index is 0.496. The van der Waals surface area contributed by atoms with Gasteiger partial charge in [0.15, 0.2) is 0 Å². The molecule has 0 N–H and O–H groups in total. The van der Waals surface area contributed by atoms with Crippen molar-refractivity contribution < 1.29 is 9.47 Å². The second-order valence-corrected chi connectivity index (χ2v) is 5.28. The van der Waals surface area contributed by atoms with Gasteiger partial charge in [-0.05, 0) is 60.2 Å². The molecule has 20 heavy (non-hydrogen) atoms. The zero-order valence-corrected chi connectivity index (χ0v) is 12.1. The van der Waals surface area contributed by atoms with Crippen LogP contribution in [0.1, 0.15) is 35.4 Å². The SMILES string of the molecule is COc1ccc([C@@H]2CCCc3cc(OC)ccc32)cc1. The Kier molecular flexibility index (Phi) is 3.64. The zero-order valence-electron chi connectivity index (χ0n) is 12.1. The van der Waals surface area contributed by atoms with Gasteiger partial charge in [-0.1, -0.05) is 18.2 Å². The highest BCUT2D eigenvalue weighted by atomic mass is 16.5. The standard InChI is InChI=1S/C18H20O2/c1-19-15-8-6-13(7-9-15)17-5-3-4-14-12-16(20-2)10-11-18(14)17/h6-12,17H,3-5H2,1-2H3/t17-/m0/s1. The van der Waals surface area contributed by atoms with Gasteiger partial charge in [0.05, 0.1) is 14.2 Å². The Balaban J connectivity index is 1.96. The first kappa shape index (κ1) is 13.0. The lowest BCUT2D eigenvalue weighted by molar-refractivity contribution is 0.413. The van der Waals surface area contributed by atoms with Crippen LogP contribution in [0.15, 0.2) is 42.5 Å². The summed E-state index contributed by atoms with van der Waals surface area (Å²) in [5, 5.41) is 0. The highest BCUT2D eigenvalue weighted by Crippen LogP contribution is 2.38. The van der Waals surface area contributed by atoms with Gasteiger partial charge in [0.25, 0.3) is 0 Å². The molecule has 0 radical (unpaired) electrons. The molecule has 0 amide bonds. The van der Waals surface area contributed by atoms with Crippen LogP contribution in [-0.4, -0.2) is 14.2 Å². The average Bonchev–Trinajstić information content (AvgIpc) is 2.54. The fourth-order valence-electron chi connectivity index (χ4n) is 3.10. The Bertz CT molecular complexity index is 587. The van der Waals surface area contributed by atoms with Gasteiger partial charge >= 0.3 is 0 Å². The number of hydrogen-bond donors (Lipinski definition) is 0. The third kappa shape index (κ3) is 2.38. The lowest BCUT2D eigenvalue weighted by Crippen LogP contribution is -2.11. The van der Waals surface area contributed by atoms with Gasteiger partial charge < -0.3 is 9.47 Å². The molecule has 2 nitrogen and oxygen atoms in total. The molecule has 2 aromatic carbocycles. The van der Waals surface area contributed by atoms with Crippen LogP contribution in [0.2, 0.25) is 0 Å². The zero-order chi connectivity index (χ0) is 13.9. The van der Waals surface area contributed by atoms with Gasteiger partial charge in [-0.3, -0.25) is 0 Å². The summed E-state index contributed by atoms with van der Waals surface area (Å²) < 4.78 is 10.6. The fraction of sp³-hybridized carbons (Fsp3) is 0.333. The number of fused-ring (bicyclic) bond motifs is 1. The lowest BCUT2D eigenvalue weighted by Gasteiger charge is -2.26. The Morgan fingerprint density at radius 1 is 0.900 bits per heavy atom. The predicted octanol–water partition coefficient (Wildman–Crippen LogP) is 4.17. The number of rotatable bonds is 3. The summed E-state index contributed by atoms with van der Waals surface area (Å²) in [5.74, 6) is 2.37. The maximum Gasteiger partial charge on any atom is 0.119 e. The molecule has 1 aliphatic carbocycles. The van der Waals surface area contributed by atoms with Gasteiger partial charge in [0.2, 0.25) is 0 Å². The molecular weight excluding hydrogens is 248 g/mol. The Morgan fingerprint density at radius 3 is 2.30 bits per heavy atom. The van der Waals surface area contributed by atoms with E-state index in [1.165, 1.54) is 29.5 Å². The Labute approximate surface area is 120 Å². The fourth-order valence-corrected chi connectivity index (χ4v) is 3.10. The molecule has 0 heterocycles. The largest absolute Gasteiger partial charge is 0.497 e. The van der Waals surface area contributed by atoms with Gasteiger partial charge in [-0.15, -0.1) is 0 Å². The second kappa shape index (κ2) is 5.58. The molecule has 2 aromatic rings. The first-order valence-electron chi connectivity index (χ1n) is 7.12. The van der Waals surface area contributed by atoms with Crippen molar-refractivity contribution in [2.75, 3.05) is 14.2 Å². The summed E-state index contributed by atoms with van der Waals surface area (Å²) in [4.78, 5) is 0. The Morgan fingerprint density at radius 2 is 1.60 bits per heavy atom. The number of methoxy groups -OCH3 is 2. The molecule has 3 rings (SSSR count). The van der Waals surface area contributed by atoms with Crippen LogP contribution >= 0.6 is 0 Å². The summed E-state index contributed by atoms with van der Waals surface area (Å²) in [6.45, 7) is 0. The van der Waals surface area contributed by atoms with E-state index in [1.807, 2.05) is 12.1 Å². The lowest BCUT2D eigenvalue weighted by atomic mass is 9.79. The number of aryl methyl sites for hydroxylation is 1. The molecule has 0 aliphatic heterocycles. The van der Waals surface area contributed by atoms with Gasteiger partial charge in [-0.25, -0.2) is 0 Å². The molecular formula is C18H20O2. The van der Waals surface area contributed by atoms with E-state index >= 15 is 0 Å². The predicted molar refractivity (Wildman–Crippen MR) is 80.8 cm³/mol. The van der Waals surface area contributed by atoms with E-state index in [9.17, 15) is 0 Å². The van der Waals surface area contributed by atoms with Crippen LogP contribution < -0.4 is 9.47 Å². The minimum Gasteiger partial charge on any atom is -0.497 e. The number of benzene rings is 2. The van der Waals surface area contributed by atoms with Crippen LogP contribution in [-0.2, 0) is 6.42 Å². The van der Waals surface area contributed by atoms with E-state index < -0.39 is 0 Å². The Hall–Kier alpha value is -1.96. The second-order valence-electron chi connectivity index (χ2n) is 5.28. The van der Waals surface area contributed by atoms with E-state index in [0.717, 1.165) is 17.9 Å². The van der Waals surface area contributed by atoms with Crippen LogP contribution in [0.5, 0.6) is 11.5 Å². The molecule has 0 fully saturated rings. The monoisotopic (exact) mass is 268 g/mol. The average molecular weight is 268 g/mol. The van der Waals surface area contributed by atoms with Crippen LogP contribution in [0.3, 0.4) is 0 Å². The first-order chi connectivity index (χ1) is 9.81. The third-order valence-corrected chi connectivity index (χ3v) is 4.18. The van der Waals surface area contributed by atoms with Crippen molar-refractivity contribution in [3.8, 4) is 11.5 Å². The van der Waals surface area contributed by atoms with Crippen LogP contribution in [0.4, 0.5) is 0 Å². The molecule has 0 saturated heterocycles. The molecule has 0 aromatic heterocycles. The molecule has 0 bridgehead atoms. The van der Waals surface area contributed by atoms with Crippen molar-refractivity contribution in [3.63, 3.8) is 0 Å². The normalized spacial score (nSPS) is 17.4. The van der Waals surface area contributed by atoms with Crippen molar-refractivity contribution in [1.29, 1.82) is 0 Å². The maximum atomic E-state index is 5.33. The van der Waals surface area contributed by atoms with Gasteiger partial charge in [0.1, 0.15) is 11.5 Å². The van der Waals surface area contributed by atoms with Crippen molar-refractivity contribution in [2.45, 2.75) is 25.2 Å². The maximum absolute atomic E-state index is 5.33. The van der Waals surface area contributed by atoms with E-state index in [1.54, 1.807) is 14.2 Å². The van der Waals surface area contributed by atoms with Gasteiger partial charge in [-0.2, -0.15) is 0 Å². The van der Waals surface area contributed by atoms with Crippen molar-refractivity contribution >= 4 is 0 Å². The van der Waals surface area contributed by atoms with Crippen molar-refractivity contribution in [2.24, 2.45) is 0 Å². The van der Waals surface area contributed by atoms with E-state index in [2.05, 4.69) is 30.3 Å². The van der Waals surface area contributed by atoms with Crippen molar-refractivity contribution in [1.82, 2.24) is 0 Å². The molecule has 0 spiro atoms.